The molecule has 0 saturated carbocycles. The lowest BCUT2D eigenvalue weighted by molar-refractivity contribution is -0.111. The average molecular weight is 215 g/mol. The smallest absolute Gasteiger partial charge is 0.123 e. The number of hydrogen-bond acceptors (Lipinski definition) is 4. The Balaban J connectivity index is 2.14. The van der Waals surface area contributed by atoms with Crippen LogP contribution in [0.25, 0.3) is 0 Å². The summed E-state index contributed by atoms with van der Waals surface area (Å²) in [5, 5.41) is 8.99. The van der Waals surface area contributed by atoms with Gasteiger partial charge in [0.2, 0.25) is 0 Å². The van der Waals surface area contributed by atoms with Crippen molar-refractivity contribution in [2.75, 3.05) is 18.0 Å². The third kappa shape index (κ3) is 2.03. The Morgan fingerprint density at radius 2 is 2.25 bits per heavy atom. The second-order valence-corrected chi connectivity index (χ2v) is 3.97. The van der Waals surface area contributed by atoms with E-state index in [1.807, 2.05) is 0 Å². The lowest BCUT2D eigenvalue weighted by Crippen LogP contribution is -2.34. The van der Waals surface area contributed by atoms with Gasteiger partial charge in [-0.15, -0.1) is 0 Å². The zero-order valence-electron chi connectivity index (χ0n) is 8.97. The van der Waals surface area contributed by atoms with Crippen LogP contribution in [0.4, 0.5) is 5.69 Å². The van der Waals surface area contributed by atoms with E-state index in [0.29, 0.717) is 5.56 Å². The molecule has 1 aliphatic rings. The fraction of sp³-hybridized carbons (Fsp3) is 0.417. The number of pyridine rings is 1. The predicted octanol–water partition coefficient (Wildman–Crippen LogP) is 1.37. The van der Waals surface area contributed by atoms with E-state index in [1.165, 1.54) is 0 Å². The molecule has 2 rings (SSSR count). The quantitative estimate of drug-likeness (QED) is 0.699. The van der Waals surface area contributed by atoms with Gasteiger partial charge in [0.1, 0.15) is 12.4 Å². The minimum atomic E-state index is 0.179. The van der Waals surface area contributed by atoms with Crippen molar-refractivity contribution < 1.29 is 4.79 Å². The van der Waals surface area contributed by atoms with Crippen LogP contribution in [0, 0.1) is 17.2 Å². The van der Waals surface area contributed by atoms with Gasteiger partial charge in [0.05, 0.1) is 17.4 Å². The number of rotatable bonds is 2. The van der Waals surface area contributed by atoms with E-state index in [1.54, 1.807) is 18.5 Å². The molecule has 0 N–H and O–H groups in total. The van der Waals surface area contributed by atoms with Gasteiger partial charge in [0.25, 0.3) is 0 Å². The van der Waals surface area contributed by atoms with Gasteiger partial charge in [-0.2, -0.15) is 5.26 Å². The molecule has 0 aliphatic carbocycles. The molecule has 0 radical (unpaired) electrons. The Hall–Kier alpha value is -1.89. The summed E-state index contributed by atoms with van der Waals surface area (Å²) in [6.07, 6.45) is 6.11. The summed E-state index contributed by atoms with van der Waals surface area (Å²) in [5.41, 5.74) is 1.54. The van der Waals surface area contributed by atoms with Crippen LogP contribution < -0.4 is 4.90 Å². The first-order valence-corrected chi connectivity index (χ1v) is 5.39. The number of anilines is 1. The van der Waals surface area contributed by atoms with Crippen molar-refractivity contribution in [1.29, 1.82) is 5.26 Å². The second-order valence-electron chi connectivity index (χ2n) is 3.97. The number of nitrogens with zero attached hydrogens (tertiary/aromatic N) is 3. The van der Waals surface area contributed by atoms with E-state index in [2.05, 4.69) is 16.0 Å². The van der Waals surface area contributed by atoms with Crippen molar-refractivity contribution in [2.45, 2.75) is 12.8 Å². The summed E-state index contributed by atoms with van der Waals surface area (Å²) in [7, 11) is 0. The second kappa shape index (κ2) is 4.75. The zero-order chi connectivity index (χ0) is 11.4. The van der Waals surface area contributed by atoms with Crippen molar-refractivity contribution in [2.24, 2.45) is 5.92 Å². The number of aldehydes is 1. The molecular weight excluding hydrogens is 202 g/mol. The van der Waals surface area contributed by atoms with Crippen LogP contribution in [0.15, 0.2) is 18.5 Å². The largest absolute Gasteiger partial charge is 0.369 e. The Kier molecular flexibility index (Phi) is 3.16. The van der Waals surface area contributed by atoms with Crippen LogP contribution in [0.2, 0.25) is 0 Å². The van der Waals surface area contributed by atoms with Crippen molar-refractivity contribution in [3.63, 3.8) is 0 Å². The summed E-state index contributed by atoms with van der Waals surface area (Å²) in [6.45, 7) is 1.65. The van der Waals surface area contributed by atoms with Crippen LogP contribution >= 0.6 is 0 Å². The van der Waals surface area contributed by atoms with Gasteiger partial charge in [0, 0.05) is 25.2 Å². The number of hydrogen-bond donors (Lipinski definition) is 0. The molecule has 4 heteroatoms. The maximum absolute atomic E-state index is 10.6. The monoisotopic (exact) mass is 215 g/mol. The number of piperidine rings is 1. The molecule has 1 aromatic heterocycles. The molecule has 4 nitrogen and oxygen atoms in total. The summed E-state index contributed by atoms with van der Waals surface area (Å²) >= 11 is 0. The lowest BCUT2D eigenvalue weighted by Gasteiger charge is -2.31. The number of carbonyl (C=O) groups is 1. The van der Waals surface area contributed by atoms with Gasteiger partial charge < -0.3 is 9.69 Å². The zero-order valence-corrected chi connectivity index (χ0v) is 8.97. The Morgan fingerprint density at radius 3 is 2.88 bits per heavy atom. The van der Waals surface area contributed by atoms with Gasteiger partial charge in [-0.1, -0.05) is 0 Å². The van der Waals surface area contributed by atoms with Crippen LogP contribution in [-0.2, 0) is 4.79 Å². The fourth-order valence-electron chi connectivity index (χ4n) is 2.01. The standard InChI is InChI=1S/C12H13N3O/c13-7-11-1-4-14-8-12(11)15-5-2-10(9-16)3-6-15/h1,4,8-10H,2-3,5-6H2. The molecule has 0 bridgehead atoms. The molecule has 0 atom stereocenters. The molecule has 1 aliphatic heterocycles. The predicted molar refractivity (Wildman–Crippen MR) is 60.0 cm³/mol. The summed E-state index contributed by atoms with van der Waals surface area (Å²) in [5.74, 6) is 0.179. The average Bonchev–Trinajstić information content (AvgIpc) is 2.39. The van der Waals surface area contributed by atoms with Crippen LogP contribution in [0.5, 0.6) is 0 Å². The van der Waals surface area contributed by atoms with Crippen molar-refractivity contribution in [1.82, 2.24) is 4.98 Å². The highest BCUT2D eigenvalue weighted by Gasteiger charge is 2.20. The van der Waals surface area contributed by atoms with Gasteiger partial charge in [0.15, 0.2) is 0 Å². The molecule has 2 heterocycles. The Labute approximate surface area is 94.5 Å². The van der Waals surface area contributed by atoms with E-state index >= 15 is 0 Å². The van der Waals surface area contributed by atoms with Crippen LogP contribution in [-0.4, -0.2) is 24.4 Å². The van der Waals surface area contributed by atoms with Gasteiger partial charge >= 0.3 is 0 Å². The highest BCUT2D eigenvalue weighted by molar-refractivity contribution is 5.59. The third-order valence-corrected chi connectivity index (χ3v) is 2.99. The third-order valence-electron chi connectivity index (χ3n) is 2.99. The van der Waals surface area contributed by atoms with Gasteiger partial charge in [-0.05, 0) is 18.9 Å². The summed E-state index contributed by atoms with van der Waals surface area (Å²) in [4.78, 5) is 16.8. The first kappa shape index (κ1) is 10.6. The molecule has 0 unspecified atom stereocenters. The Bertz CT molecular complexity index is 417. The fourth-order valence-corrected chi connectivity index (χ4v) is 2.01. The minimum Gasteiger partial charge on any atom is -0.369 e. The molecule has 1 fully saturated rings. The van der Waals surface area contributed by atoms with E-state index < -0.39 is 0 Å². The SMILES string of the molecule is N#Cc1ccncc1N1CCC(C=O)CC1. The van der Waals surface area contributed by atoms with E-state index in [0.717, 1.165) is 37.9 Å². The Morgan fingerprint density at radius 1 is 1.50 bits per heavy atom. The van der Waals surface area contributed by atoms with Crippen LogP contribution in [0.3, 0.4) is 0 Å². The molecule has 0 amide bonds. The van der Waals surface area contributed by atoms with Crippen molar-refractivity contribution in [3.05, 3.63) is 24.0 Å². The van der Waals surface area contributed by atoms with Crippen molar-refractivity contribution in [3.8, 4) is 6.07 Å². The maximum Gasteiger partial charge on any atom is 0.123 e. The van der Waals surface area contributed by atoms with Crippen LogP contribution in [0.1, 0.15) is 18.4 Å². The van der Waals surface area contributed by atoms with E-state index in [9.17, 15) is 4.79 Å². The normalized spacial score (nSPS) is 16.8. The molecular formula is C12H13N3O. The number of nitriles is 1. The number of aromatic nitrogens is 1. The maximum atomic E-state index is 10.6. The topological polar surface area (TPSA) is 57.0 Å². The van der Waals surface area contributed by atoms with E-state index in [-0.39, 0.29) is 5.92 Å². The molecule has 1 aromatic rings. The highest BCUT2D eigenvalue weighted by atomic mass is 16.1. The highest BCUT2D eigenvalue weighted by Crippen LogP contribution is 2.24. The first-order valence-electron chi connectivity index (χ1n) is 5.39. The molecule has 82 valence electrons. The molecule has 1 saturated heterocycles. The van der Waals surface area contributed by atoms with E-state index in [4.69, 9.17) is 5.26 Å². The summed E-state index contributed by atoms with van der Waals surface area (Å²) < 4.78 is 0. The number of carbonyl (C=O) groups excluding carboxylic acids is 1. The van der Waals surface area contributed by atoms with Gasteiger partial charge in [-0.25, -0.2) is 0 Å². The lowest BCUT2D eigenvalue weighted by atomic mass is 9.98. The molecule has 0 spiro atoms. The minimum absolute atomic E-state index is 0.179. The molecule has 16 heavy (non-hydrogen) atoms. The van der Waals surface area contributed by atoms with Crippen molar-refractivity contribution >= 4 is 12.0 Å². The molecule has 0 aromatic carbocycles. The first-order chi connectivity index (χ1) is 7.85. The van der Waals surface area contributed by atoms with Gasteiger partial charge in [-0.3, -0.25) is 4.98 Å². The summed E-state index contributed by atoms with van der Waals surface area (Å²) in [6, 6.07) is 3.89.